The number of hydrogen-bond donors (Lipinski definition) is 1. The van der Waals surface area contributed by atoms with Crippen LogP contribution >= 0.6 is 11.8 Å². The third-order valence-corrected chi connectivity index (χ3v) is 4.88. The Bertz CT molecular complexity index is 943. The molecule has 4 rings (SSSR count). The molecule has 0 aliphatic carbocycles. The molecular weight excluding hydrogens is 344 g/mol. The average molecular weight is 362 g/mol. The first-order valence-electron chi connectivity index (χ1n) is 8.32. The summed E-state index contributed by atoms with van der Waals surface area (Å²) >= 11 is 1.48. The number of nitrogens with one attached hydrogen (secondary N) is 1. The molecule has 0 bridgehead atoms. The first kappa shape index (κ1) is 16.6. The second kappa shape index (κ2) is 7.17. The molecule has 26 heavy (non-hydrogen) atoms. The van der Waals surface area contributed by atoms with E-state index in [0.29, 0.717) is 16.7 Å². The van der Waals surface area contributed by atoms with Crippen LogP contribution in [0.5, 0.6) is 5.88 Å². The Hall–Kier alpha value is -2.86. The van der Waals surface area contributed by atoms with Gasteiger partial charge >= 0.3 is 0 Å². The molecular formula is C20H18N4OS. The van der Waals surface area contributed by atoms with Gasteiger partial charge in [0.05, 0.1) is 0 Å². The molecule has 5 nitrogen and oxygen atoms in total. The van der Waals surface area contributed by atoms with Gasteiger partial charge in [0, 0.05) is 22.6 Å². The lowest BCUT2D eigenvalue weighted by Gasteiger charge is -2.19. The minimum Gasteiger partial charge on any atom is -0.448 e. The summed E-state index contributed by atoms with van der Waals surface area (Å²) in [6, 6.07) is 16.2. The Labute approximate surface area is 156 Å². The van der Waals surface area contributed by atoms with Crippen molar-refractivity contribution >= 4 is 17.4 Å². The maximum absolute atomic E-state index is 6.22. The highest BCUT2D eigenvalue weighted by Crippen LogP contribution is 2.39. The molecule has 0 radical (unpaired) electrons. The van der Waals surface area contributed by atoms with Crippen LogP contribution in [0.15, 0.2) is 66.3 Å². The van der Waals surface area contributed by atoms with Crippen LogP contribution in [0.25, 0.3) is 11.3 Å². The highest BCUT2D eigenvalue weighted by molar-refractivity contribution is 7.99. The van der Waals surface area contributed by atoms with Gasteiger partial charge in [-0.1, -0.05) is 65.9 Å². The lowest BCUT2D eigenvalue weighted by atomic mass is 10.1. The molecule has 0 spiro atoms. The highest BCUT2D eigenvalue weighted by Gasteiger charge is 2.25. The largest absolute Gasteiger partial charge is 0.448 e. The van der Waals surface area contributed by atoms with E-state index in [1.165, 1.54) is 17.3 Å². The Morgan fingerprint density at radius 3 is 2.77 bits per heavy atom. The van der Waals surface area contributed by atoms with Crippen molar-refractivity contribution in [1.82, 2.24) is 15.2 Å². The van der Waals surface area contributed by atoms with Crippen molar-refractivity contribution in [3.63, 3.8) is 0 Å². The molecule has 1 aliphatic rings. The number of hydrogen-bond acceptors (Lipinski definition) is 6. The number of aryl methyl sites for hydroxylation is 1. The van der Waals surface area contributed by atoms with Crippen LogP contribution in [0.3, 0.4) is 0 Å². The number of thioether (sulfide) groups is 1. The predicted molar refractivity (Wildman–Crippen MR) is 104 cm³/mol. The SMILES string of the molecule is C=CCSc1nnc2c(n1)O[C@@H](c1ccc(C)cc1)Nc1ccccc1-2. The van der Waals surface area contributed by atoms with E-state index in [-0.39, 0.29) is 6.23 Å². The van der Waals surface area contributed by atoms with Gasteiger partial charge in [0.2, 0.25) is 11.0 Å². The zero-order valence-electron chi connectivity index (χ0n) is 14.3. The predicted octanol–water partition coefficient (Wildman–Crippen LogP) is 4.63. The fourth-order valence-electron chi connectivity index (χ4n) is 2.73. The van der Waals surface area contributed by atoms with Gasteiger partial charge < -0.3 is 10.1 Å². The first-order valence-corrected chi connectivity index (χ1v) is 9.31. The van der Waals surface area contributed by atoms with Gasteiger partial charge in [-0.05, 0) is 13.0 Å². The molecule has 2 aromatic carbocycles. The maximum atomic E-state index is 6.22. The number of nitrogens with zero attached hydrogens (tertiary/aromatic N) is 3. The number of rotatable bonds is 4. The normalized spacial score (nSPS) is 15.0. The van der Waals surface area contributed by atoms with Gasteiger partial charge in [-0.15, -0.1) is 16.8 Å². The summed E-state index contributed by atoms with van der Waals surface area (Å²) in [6.07, 6.45) is 1.46. The zero-order valence-corrected chi connectivity index (χ0v) is 15.2. The quantitative estimate of drug-likeness (QED) is 0.539. The van der Waals surface area contributed by atoms with Crippen molar-refractivity contribution in [2.45, 2.75) is 18.3 Å². The average Bonchev–Trinajstić information content (AvgIpc) is 2.83. The van der Waals surface area contributed by atoms with Crippen LogP contribution in [-0.2, 0) is 0 Å². The van der Waals surface area contributed by atoms with Crippen molar-refractivity contribution in [3.8, 4) is 17.1 Å². The molecule has 3 aromatic rings. The Morgan fingerprint density at radius 1 is 1.15 bits per heavy atom. The molecule has 6 heteroatoms. The van der Waals surface area contributed by atoms with Crippen LogP contribution in [-0.4, -0.2) is 20.9 Å². The monoisotopic (exact) mass is 362 g/mol. The summed E-state index contributed by atoms with van der Waals surface area (Å²) in [4.78, 5) is 4.58. The molecule has 0 fully saturated rings. The molecule has 1 N–H and O–H groups in total. The van der Waals surface area contributed by atoms with E-state index in [0.717, 1.165) is 22.6 Å². The van der Waals surface area contributed by atoms with E-state index >= 15 is 0 Å². The van der Waals surface area contributed by atoms with Gasteiger partial charge in [-0.3, -0.25) is 0 Å². The lowest BCUT2D eigenvalue weighted by molar-refractivity contribution is 0.225. The topological polar surface area (TPSA) is 59.9 Å². The second-order valence-electron chi connectivity index (χ2n) is 5.95. The summed E-state index contributed by atoms with van der Waals surface area (Å²) in [5, 5.41) is 12.6. The van der Waals surface area contributed by atoms with Crippen LogP contribution in [0, 0.1) is 6.92 Å². The fraction of sp³-hybridized carbons (Fsp3) is 0.150. The lowest BCUT2D eigenvalue weighted by Crippen LogP contribution is -2.17. The van der Waals surface area contributed by atoms with E-state index in [4.69, 9.17) is 4.74 Å². The van der Waals surface area contributed by atoms with E-state index in [1.807, 2.05) is 30.3 Å². The number of para-hydroxylation sites is 1. The van der Waals surface area contributed by atoms with Crippen LogP contribution in [0.1, 0.15) is 17.4 Å². The standard InChI is InChI=1S/C20H18N4OS/c1-3-12-26-20-22-19-17(23-24-20)15-6-4-5-7-16(15)21-18(25-19)14-10-8-13(2)9-11-14/h3-11,18,21H,1,12H2,2H3/t18-/m0/s1. The minimum absolute atomic E-state index is 0.355. The van der Waals surface area contributed by atoms with Crippen LogP contribution in [0.2, 0.25) is 0 Å². The van der Waals surface area contributed by atoms with Crippen molar-refractivity contribution in [3.05, 3.63) is 72.3 Å². The second-order valence-corrected chi connectivity index (χ2v) is 6.93. The van der Waals surface area contributed by atoms with Crippen molar-refractivity contribution < 1.29 is 4.74 Å². The molecule has 1 aromatic heterocycles. The fourth-order valence-corrected chi connectivity index (χ4v) is 3.25. The molecule has 2 heterocycles. The molecule has 1 aliphatic heterocycles. The summed E-state index contributed by atoms with van der Waals surface area (Å²) < 4.78 is 6.22. The van der Waals surface area contributed by atoms with Crippen molar-refractivity contribution in [1.29, 1.82) is 0 Å². The van der Waals surface area contributed by atoms with E-state index in [2.05, 4.69) is 58.3 Å². The third-order valence-electron chi connectivity index (χ3n) is 4.04. The van der Waals surface area contributed by atoms with Crippen molar-refractivity contribution in [2.24, 2.45) is 0 Å². The number of fused-ring (bicyclic) bond motifs is 3. The van der Waals surface area contributed by atoms with E-state index in [9.17, 15) is 0 Å². The molecule has 0 saturated heterocycles. The third kappa shape index (κ3) is 3.28. The molecule has 0 saturated carbocycles. The number of aromatic nitrogens is 3. The van der Waals surface area contributed by atoms with Gasteiger partial charge in [-0.25, -0.2) is 0 Å². The van der Waals surface area contributed by atoms with Gasteiger partial charge in [0.25, 0.3) is 0 Å². The number of ether oxygens (including phenoxy) is 1. The summed E-state index contributed by atoms with van der Waals surface area (Å²) in [5.74, 6) is 1.20. The zero-order chi connectivity index (χ0) is 17.9. The Balaban J connectivity index is 1.79. The number of anilines is 1. The Morgan fingerprint density at radius 2 is 1.96 bits per heavy atom. The maximum Gasteiger partial charge on any atom is 0.247 e. The van der Waals surface area contributed by atoms with Crippen LogP contribution < -0.4 is 10.1 Å². The molecule has 1 atom stereocenters. The summed E-state index contributed by atoms with van der Waals surface area (Å²) in [5.41, 5.74) is 4.75. The summed E-state index contributed by atoms with van der Waals surface area (Å²) in [6.45, 7) is 5.79. The van der Waals surface area contributed by atoms with Gasteiger partial charge in [0.15, 0.2) is 11.9 Å². The van der Waals surface area contributed by atoms with Crippen molar-refractivity contribution in [2.75, 3.05) is 11.1 Å². The number of benzene rings is 2. The Kier molecular flexibility index (Phi) is 4.58. The molecule has 130 valence electrons. The van der Waals surface area contributed by atoms with Crippen LogP contribution in [0.4, 0.5) is 5.69 Å². The molecule has 0 unspecified atom stereocenters. The van der Waals surface area contributed by atoms with E-state index < -0.39 is 0 Å². The van der Waals surface area contributed by atoms with Gasteiger partial charge in [-0.2, -0.15) is 4.98 Å². The molecule has 0 amide bonds. The highest BCUT2D eigenvalue weighted by atomic mass is 32.2. The smallest absolute Gasteiger partial charge is 0.247 e. The van der Waals surface area contributed by atoms with E-state index in [1.54, 1.807) is 0 Å². The minimum atomic E-state index is -0.355. The first-order chi connectivity index (χ1) is 12.7. The van der Waals surface area contributed by atoms with Gasteiger partial charge in [0.1, 0.15) is 0 Å². The summed E-state index contributed by atoms with van der Waals surface area (Å²) in [7, 11) is 0.